The van der Waals surface area contributed by atoms with Crippen LogP contribution >= 0.6 is 23.2 Å². The molecule has 0 unspecified atom stereocenters. The molecule has 1 atom stereocenters. The molecule has 0 aromatic heterocycles. The molecule has 0 radical (unpaired) electrons. The molecule has 1 fully saturated rings. The second kappa shape index (κ2) is 12.1. The zero-order valence-corrected chi connectivity index (χ0v) is 20.5. The third-order valence-corrected chi connectivity index (χ3v) is 6.64. The number of carbonyl (C=O) groups excluding carboxylic acids is 2. The molecule has 1 N–H and O–H groups in total. The minimum atomic E-state index is -0.716. The monoisotopic (exact) mass is 492 g/mol. The van der Waals surface area contributed by atoms with Crippen molar-refractivity contribution in [1.82, 2.24) is 10.2 Å². The Morgan fingerprint density at radius 2 is 1.64 bits per heavy atom. The molecule has 1 saturated carbocycles. The Balaban J connectivity index is 1.74. The summed E-state index contributed by atoms with van der Waals surface area (Å²) in [4.78, 5) is 27.7. The van der Waals surface area contributed by atoms with Crippen molar-refractivity contribution >= 4 is 35.0 Å². The van der Waals surface area contributed by atoms with Gasteiger partial charge in [-0.1, -0.05) is 48.5 Å². The van der Waals surface area contributed by atoms with Gasteiger partial charge >= 0.3 is 0 Å². The van der Waals surface area contributed by atoms with E-state index < -0.39 is 6.04 Å². The zero-order chi connectivity index (χ0) is 23.8. The van der Waals surface area contributed by atoms with E-state index in [0.29, 0.717) is 27.1 Å². The summed E-state index contributed by atoms with van der Waals surface area (Å²) in [7, 11) is 1.58. The van der Waals surface area contributed by atoms with Crippen molar-refractivity contribution in [3.05, 3.63) is 58.1 Å². The van der Waals surface area contributed by atoms with E-state index >= 15 is 0 Å². The molecular weight excluding hydrogens is 463 g/mol. The topological polar surface area (TPSA) is 67.9 Å². The van der Waals surface area contributed by atoms with E-state index in [0.717, 1.165) is 25.7 Å². The summed E-state index contributed by atoms with van der Waals surface area (Å²) < 4.78 is 10.8. The number of hydrogen-bond donors (Lipinski definition) is 1. The lowest BCUT2D eigenvalue weighted by molar-refractivity contribution is -0.142. The Bertz CT molecular complexity index is 926. The summed E-state index contributed by atoms with van der Waals surface area (Å²) >= 11 is 12.7. The molecule has 6 nitrogen and oxygen atoms in total. The Morgan fingerprint density at radius 3 is 2.24 bits per heavy atom. The minimum absolute atomic E-state index is 0.0998. The second-order valence-electron chi connectivity index (χ2n) is 8.21. The van der Waals surface area contributed by atoms with Crippen LogP contribution in [0.15, 0.2) is 42.5 Å². The van der Waals surface area contributed by atoms with Crippen molar-refractivity contribution in [1.29, 1.82) is 0 Å². The van der Waals surface area contributed by atoms with Gasteiger partial charge in [-0.2, -0.15) is 0 Å². The Kier molecular flexibility index (Phi) is 9.27. The lowest BCUT2D eigenvalue weighted by atomic mass is 9.95. The van der Waals surface area contributed by atoms with Gasteiger partial charge in [0.05, 0.1) is 7.11 Å². The van der Waals surface area contributed by atoms with Crippen molar-refractivity contribution in [3.63, 3.8) is 0 Å². The highest BCUT2D eigenvalue weighted by atomic mass is 35.5. The van der Waals surface area contributed by atoms with Gasteiger partial charge in [-0.15, -0.1) is 0 Å². The molecule has 1 aliphatic carbocycles. The minimum Gasteiger partial charge on any atom is -0.497 e. The molecule has 178 valence electrons. The van der Waals surface area contributed by atoms with Crippen LogP contribution in [0, 0.1) is 0 Å². The zero-order valence-electron chi connectivity index (χ0n) is 19.0. The van der Waals surface area contributed by atoms with Gasteiger partial charge in [-0.25, -0.2) is 0 Å². The predicted molar refractivity (Wildman–Crippen MR) is 130 cm³/mol. The number of benzene rings is 2. The first-order valence-electron chi connectivity index (χ1n) is 11.2. The second-order valence-corrected chi connectivity index (χ2v) is 9.02. The van der Waals surface area contributed by atoms with Crippen molar-refractivity contribution in [2.24, 2.45) is 0 Å². The average Bonchev–Trinajstić information content (AvgIpc) is 2.83. The van der Waals surface area contributed by atoms with Crippen molar-refractivity contribution in [2.75, 3.05) is 13.7 Å². The van der Waals surface area contributed by atoms with Gasteiger partial charge in [0, 0.05) is 28.2 Å². The molecule has 0 spiro atoms. The van der Waals surface area contributed by atoms with E-state index in [1.165, 1.54) is 11.3 Å². The van der Waals surface area contributed by atoms with Crippen LogP contribution in [-0.4, -0.2) is 42.5 Å². The highest BCUT2D eigenvalue weighted by molar-refractivity contribution is 6.36. The number of rotatable bonds is 9. The Labute approximate surface area is 205 Å². The maximum atomic E-state index is 13.2. The van der Waals surface area contributed by atoms with Crippen molar-refractivity contribution in [3.8, 4) is 11.5 Å². The quantitative estimate of drug-likeness (QED) is 0.519. The first-order chi connectivity index (χ1) is 15.9. The van der Waals surface area contributed by atoms with Crippen molar-refractivity contribution < 1.29 is 19.1 Å². The number of methoxy groups -OCH3 is 1. The summed E-state index contributed by atoms with van der Waals surface area (Å²) in [5, 5.41) is 3.98. The number of ether oxygens (including phenoxy) is 2. The van der Waals surface area contributed by atoms with Gasteiger partial charge in [0.1, 0.15) is 17.5 Å². The van der Waals surface area contributed by atoms with Crippen LogP contribution in [0.2, 0.25) is 10.0 Å². The molecule has 1 aliphatic rings. The van der Waals surface area contributed by atoms with Gasteiger partial charge in [0.25, 0.3) is 5.91 Å². The maximum absolute atomic E-state index is 13.2. The molecule has 0 heterocycles. The van der Waals surface area contributed by atoms with Crippen LogP contribution < -0.4 is 14.8 Å². The van der Waals surface area contributed by atoms with E-state index in [9.17, 15) is 9.59 Å². The molecular formula is C25H30Cl2N2O4. The number of amides is 2. The normalized spacial score (nSPS) is 14.9. The number of carbonyl (C=O) groups is 2. The number of hydrogen-bond acceptors (Lipinski definition) is 4. The van der Waals surface area contributed by atoms with Crippen LogP contribution in [0.1, 0.15) is 44.6 Å². The van der Waals surface area contributed by atoms with Gasteiger partial charge in [0.15, 0.2) is 6.61 Å². The highest BCUT2D eigenvalue weighted by Gasteiger charge is 2.29. The lowest BCUT2D eigenvalue weighted by Gasteiger charge is -2.31. The molecule has 0 bridgehead atoms. The first-order valence-corrected chi connectivity index (χ1v) is 11.9. The molecule has 2 amide bonds. The van der Waals surface area contributed by atoms with E-state index in [-0.39, 0.29) is 31.0 Å². The molecule has 2 aromatic carbocycles. The maximum Gasteiger partial charge on any atom is 0.261 e. The van der Waals surface area contributed by atoms with E-state index in [1.54, 1.807) is 56.5 Å². The summed E-state index contributed by atoms with van der Waals surface area (Å²) in [5.74, 6) is 0.687. The van der Waals surface area contributed by atoms with Crippen LogP contribution in [-0.2, 0) is 16.1 Å². The Hall–Kier alpha value is -2.44. The van der Waals surface area contributed by atoms with Crippen LogP contribution in [0.5, 0.6) is 11.5 Å². The summed E-state index contributed by atoms with van der Waals surface area (Å²) in [6.45, 7) is 1.59. The van der Waals surface area contributed by atoms with Gasteiger partial charge in [-0.05, 0) is 56.2 Å². The fourth-order valence-corrected chi connectivity index (χ4v) is 4.42. The average molecular weight is 493 g/mol. The molecule has 3 rings (SSSR count). The largest absolute Gasteiger partial charge is 0.497 e. The van der Waals surface area contributed by atoms with Crippen molar-refractivity contribution in [2.45, 2.75) is 57.7 Å². The van der Waals surface area contributed by atoms with E-state index in [2.05, 4.69) is 5.32 Å². The molecule has 0 saturated heterocycles. The van der Waals surface area contributed by atoms with E-state index in [4.69, 9.17) is 32.7 Å². The van der Waals surface area contributed by atoms with E-state index in [1.807, 2.05) is 0 Å². The fraction of sp³-hybridized carbons (Fsp3) is 0.440. The molecule has 33 heavy (non-hydrogen) atoms. The standard InChI is InChI=1S/C25H30Cl2N2O4/c1-17(25(31)28-18-7-4-3-5-8-18)29(15-21-22(26)9-6-10-23(21)27)24(30)16-33-20-13-11-19(32-2)12-14-20/h6,9-14,17-18H,3-5,7-8,15-16H2,1-2H3,(H,28,31)/t17-/m0/s1. The van der Waals surface area contributed by atoms with Gasteiger partial charge in [-0.3, -0.25) is 9.59 Å². The molecule has 8 heteroatoms. The fourth-order valence-electron chi connectivity index (χ4n) is 3.91. The van der Waals surface area contributed by atoms with Crippen LogP contribution in [0.25, 0.3) is 0 Å². The summed E-state index contributed by atoms with van der Waals surface area (Å²) in [6.07, 6.45) is 5.33. The Morgan fingerprint density at radius 1 is 1.03 bits per heavy atom. The number of halogens is 2. The lowest BCUT2D eigenvalue weighted by Crippen LogP contribution is -2.51. The van der Waals surface area contributed by atoms with Gasteiger partial charge < -0.3 is 19.7 Å². The predicted octanol–water partition coefficient (Wildman–Crippen LogP) is 5.25. The highest BCUT2D eigenvalue weighted by Crippen LogP contribution is 2.27. The van der Waals surface area contributed by atoms with Gasteiger partial charge in [0.2, 0.25) is 5.91 Å². The smallest absolute Gasteiger partial charge is 0.261 e. The third kappa shape index (κ3) is 7.02. The summed E-state index contributed by atoms with van der Waals surface area (Å²) in [6, 6.07) is 11.5. The molecule has 0 aliphatic heterocycles. The van der Waals surface area contributed by atoms with Crippen LogP contribution in [0.3, 0.4) is 0 Å². The number of nitrogens with one attached hydrogen (secondary N) is 1. The number of nitrogens with zero attached hydrogens (tertiary/aromatic N) is 1. The molecule has 2 aromatic rings. The SMILES string of the molecule is COc1ccc(OCC(=O)N(Cc2c(Cl)cccc2Cl)[C@@H](C)C(=O)NC2CCCCC2)cc1. The summed E-state index contributed by atoms with van der Waals surface area (Å²) in [5.41, 5.74) is 0.593. The first kappa shape index (κ1) is 25.2. The van der Waals surface area contributed by atoms with Crippen LogP contribution in [0.4, 0.5) is 0 Å². The third-order valence-electron chi connectivity index (χ3n) is 5.93.